The van der Waals surface area contributed by atoms with Gasteiger partial charge in [0.05, 0.1) is 5.69 Å². The van der Waals surface area contributed by atoms with E-state index in [0.29, 0.717) is 6.04 Å². The summed E-state index contributed by atoms with van der Waals surface area (Å²) in [7, 11) is 2.01. The quantitative estimate of drug-likeness (QED) is 0.790. The Balaban J connectivity index is 2.80. The first-order valence-electron chi connectivity index (χ1n) is 6.84. The fourth-order valence-corrected chi connectivity index (χ4v) is 2.23. The molecule has 1 aromatic heterocycles. The van der Waals surface area contributed by atoms with Crippen molar-refractivity contribution < 1.29 is 0 Å². The molecule has 0 aromatic carbocycles. The molecular formula is C14H27N3. The highest BCUT2D eigenvalue weighted by molar-refractivity contribution is 5.21. The maximum absolute atomic E-state index is 4.54. The Kier molecular flexibility index (Phi) is 5.69. The lowest BCUT2D eigenvalue weighted by molar-refractivity contribution is 0.446. The van der Waals surface area contributed by atoms with Crippen LogP contribution in [-0.2, 0) is 13.5 Å². The van der Waals surface area contributed by atoms with Crippen LogP contribution < -0.4 is 5.32 Å². The van der Waals surface area contributed by atoms with Crippen LogP contribution in [0.25, 0.3) is 0 Å². The van der Waals surface area contributed by atoms with Gasteiger partial charge in [-0.25, -0.2) is 0 Å². The molecule has 1 N–H and O–H groups in total. The van der Waals surface area contributed by atoms with E-state index in [-0.39, 0.29) is 0 Å². The second-order valence-corrected chi connectivity index (χ2v) is 5.14. The summed E-state index contributed by atoms with van der Waals surface area (Å²) in [6, 6.07) is 0.464. The second-order valence-electron chi connectivity index (χ2n) is 5.14. The van der Waals surface area contributed by atoms with Crippen LogP contribution in [0.5, 0.6) is 0 Å². The van der Waals surface area contributed by atoms with Gasteiger partial charge in [0.2, 0.25) is 0 Å². The molecule has 0 fully saturated rings. The van der Waals surface area contributed by atoms with Crippen LogP contribution in [0.3, 0.4) is 0 Å². The van der Waals surface area contributed by atoms with Crippen molar-refractivity contribution >= 4 is 0 Å². The minimum absolute atomic E-state index is 0.464. The molecule has 0 amide bonds. The molecule has 0 spiro atoms. The Morgan fingerprint density at radius 2 is 2.00 bits per heavy atom. The van der Waals surface area contributed by atoms with Crippen LogP contribution in [-0.4, -0.2) is 16.3 Å². The van der Waals surface area contributed by atoms with Gasteiger partial charge in [0.15, 0.2) is 0 Å². The summed E-state index contributed by atoms with van der Waals surface area (Å²) in [4.78, 5) is 0. The van der Waals surface area contributed by atoms with Crippen LogP contribution in [0.2, 0.25) is 0 Å². The van der Waals surface area contributed by atoms with Crippen LogP contribution in [0.15, 0.2) is 6.20 Å². The monoisotopic (exact) mass is 237 g/mol. The van der Waals surface area contributed by atoms with Gasteiger partial charge < -0.3 is 5.32 Å². The number of rotatable bonds is 7. The molecule has 0 aliphatic heterocycles. The van der Waals surface area contributed by atoms with Crippen molar-refractivity contribution in [1.29, 1.82) is 0 Å². The molecule has 0 saturated heterocycles. The van der Waals surface area contributed by atoms with Crippen LogP contribution >= 0.6 is 0 Å². The minimum atomic E-state index is 0.464. The van der Waals surface area contributed by atoms with Gasteiger partial charge in [-0.05, 0) is 31.7 Å². The average Bonchev–Trinajstić information content (AvgIpc) is 2.65. The van der Waals surface area contributed by atoms with Gasteiger partial charge >= 0.3 is 0 Å². The molecule has 1 heterocycles. The fourth-order valence-electron chi connectivity index (χ4n) is 2.23. The summed E-state index contributed by atoms with van der Waals surface area (Å²) >= 11 is 0. The zero-order valence-corrected chi connectivity index (χ0v) is 12.0. The van der Waals surface area contributed by atoms with Gasteiger partial charge in [0.1, 0.15) is 0 Å². The maximum Gasteiger partial charge on any atom is 0.0669 e. The summed E-state index contributed by atoms with van der Waals surface area (Å²) < 4.78 is 1.94. The van der Waals surface area contributed by atoms with Gasteiger partial charge in [0.25, 0.3) is 0 Å². The second kappa shape index (κ2) is 6.80. The molecule has 1 atom stereocenters. The molecular weight excluding hydrogens is 210 g/mol. The van der Waals surface area contributed by atoms with E-state index >= 15 is 0 Å². The van der Waals surface area contributed by atoms with Crippen molar-refractivity contribution in [3.8, 4) is 0 Å². The number of aryl methyl sites for hydroxylation is 2. The predicted molar refractivity (Wildman–Crippen MR) is 73.1 cm³/mol. The Morgan fingerprint density at radius 3 is 2.53 bits per heavy atom. The number of hydrogen-bond acceptors (Lipinski definition) is 2. The highest BCUT2D eigenvalue weighted by atomic mass is 15.3. The molecule has 0 aliphatic rings. The van der Waals surface area contributed by atoms with Crippen molar-refractivity contribution in [1.82, 2.24) is 15.1 Å². The third-order valence-corrected chi connectivity index (χ3v) is 3.13. The Bertz CT molecular complexity index is 328. The third kappa shape index (κ3) is 4.15. The highest BCUT2D eigenvalue weighted by Crippen LogP contribution is 2.23. The highest BCUT2D eigenvalue weighted by Gasteiger charge is 2.17. The topological polar surface area (TPSA) is 29.9 Å². The molecule has 0 bridgehead atoms. The molecule has 98 valence electrons. The molecule has 1 aromatic rings. The van der Waals surface area contributed by atoms with E-state index in [4.69, 9.17) is 0 Å². The van der Waals surface area contributed by atoms with Crippen LogP contribution in [0, 0.1) is 5.92 Å². The van der Waals surface area contributed by atoms with Gasteiger partial charge in [-0.2, -0.15) is 5.10 Å². The van der Waals surface area contributed by atoms with E-state index < -0.39 is 0 Å². The van der Waals surface area contributed by atoms with E-state index in [1.807, 2.05) is 11.7 Å². The molecule has 0 saturated carbocycles. The molecule has 0 aliphatic carbocycles. The zero-order valence-electron chi connectivity index (χ0n) is 12.0. The number of nitrogens with zero attached hydrogens (tertiary/aromatic N) is 2. The normalized spacial score (nSPS) is 13.3. The molecule has 3 nitrogen and oxygen atoms in total. The van der Waals surface area contributed by atoms with E-state index in [1.54, 1.807) is 0 Å². The van der Waals surface area contributed by atoms with Crippen molar-refractivity contribution in [2.24, 2.45) is 13.0 Å². The maximum atomic E-state index is 4.54. The van der Waals surface area contributed by atoms with Crippen molar-refractivity contribution in [3.05, 3.63) is 17.5 Å². The average molecular weight is 237 g/mol. The first kappa shape index (κ1) is 14.2. The largest absolute Gasteiger partial charge is 0.310 e. The van der Waals surface area contributed by atoms with E-state index in [2.05, 4.69) is 44.3 Å². The fraction of sp³-hybridized carbons (Fsp3) is 0.786. The first-order chi connectivity index (χ1) is 8.08. The zero-order chi connectivity index (χ0) is 12.8. The van der Waals surface area contributed by atoms with Gasteiger partial charge in [-0.3, -0.25) is 4.68 Å². The smallest absolute Gasteiger partial charge is 0.0669 e. The summed E-state index contributed by atoms with van der Waals surface area (Å²) in [5, 5.41) is 8.13. The summed E-state index contributed by atoms with van der Waals surface area (Å²) in [5.41, 5.74) is 2.62. The minimum Gasteiger partial charge on any atom is -0.310 e. The van der Waals surface area contributed by atoms with Crippen LogP contribution in [0.1, 0.15) is 57.8 Å². The Hall–Kier alpha value is -0.830. The lowest BCUT2D eigenvalue weighted by Crippen LogP contribution is -2.22. The molecule has 0 radical (unpaired) electrons. The van der Waals surface area contributed by atoms with E-state index in [1.165, 1.54) is 24.1 Å². The van der Waals surface area contributed by atoms with Crippen molar-refractivity contribution in [2.75, 3.05) is 6.54 Å². The predicted octanol–water partition coefficient (Wildman–Crippen LogP) is 3.07. The summed E-state index contributed by atoms with van der Waals surface area (Å²) in [6.45, 7) is 9.93. The molecule has 1 rings (SSSR count). The first-order valence-corrected chi connectivity index (χ1v) is 6.84. The van der Waals surface area contributed by atoms with Gasteiger partial charge in [-0.1, -0.05) is 27.7 Å². The number of aromatic nitrogens is 2. The van der Waals surface area contributed by atoms with Crippen molar-refractivity contribution in [2.45, 2.75) is 53.0 Å². The third-order valence-electron chi connectivity index (χ3n) is 3.13. The van der Waals surface area contributed by atoms with E-state index in [0.717, 1.165) is 18.9 Å². The summed E-state index contributed by atoms with van der Waals surface area (Å²) in [5.74, 6) is 0.762. The molecule has 3 heteroatoms. The molecule has 17 heavy (non-hydrogen) atoms. The van der Waals surface area contributed by atoms with E-state index in [9.17, 15) is 0 Å². The summed E-state index contributed by atoms with van der Waals surface area (Å²) in [6.07, 6.45) is 5.64. The van der Waals surface area contributed by atoms with Gasteiger partial charge in [0, 0.05) is 24.8 Å². The Morgan fingerprint density at radius 1 is 1.29 bits per heavy atom. The van der Waals surface area contributed by atoms with Crippen LogP contribution in [0.4, 0.5) is 0 Å². The van der Waals surface area contributed by atoms with Crippen molar-refractivity contribution in [3.63, 3.8) is 0 Å². The lowest BCUT2D eigenvalue weighted by atomic mass is 9.97. The SMILES string of the molecule is CCNC(CCC(C)C)c1cn(C)nc1CC. The van der Waals surface area contributed by atoms with Gasteiger partial charge in [-0.15, -0.1) is 0 Å². The molecule has 1 unspecified atom stereocenters. The standard InChI is InChI=1S/C14H27N3/c1-6-13-12(10-17(5)16-13)14(15-7-2)9-8-11(3)4/h10-11,14-15H,6-9H2,1-5H3. The number of nitrogens with one attached hydrogen (secondary N) is 1. The lowest BCUT2D eigenvalue weighted by Gasteiger charge is -2.18. The number of hydrogen-bond donors (Lipinski definition) is 1. The Labute approximate surface area is 106 Å².